The van der Waals surface area contributed by atoms with Gasteiger partial charge in [0.15, 0.2) is 0 Å². The zero-order chi connectivity index (χ0) is 13.9. The summed E-state index contributed by atoms with van der Waals surface area (Å²) in [5.74, 6) is -0.0850. The van der Waals surface area contributed by atoms with Crippen molar-refractivity contribution in [2.24, 2.45) is 11.7 Å². The summed E-state index contributed by atoms with van der Waals surface area (Å²) in [6.07, 6.45) is 0. The van der Waals surface area contributed by atoms with Gasteiger partial charge in [-0.05, 0) is 18.9 Å². The lowest BCUT2D eigenvalue weighted by atomic mass is 10.0. The lowest BCUT2D eigenvalue weighted by Gasteiger charge is -2.19. The van der Waals surface area contributed by atoms with Gasteiger partial charge in [0.25, 0.3) is 5.69 Å². The molecule has 1 rings (SSSR count). The van der Waals surface area contributed by atoms with Crippen LogP contribution in [0.3, 0.4) is 0 Å². The Morgan fingerprint density at radius 3 is 2.50 bits per heavy atom. The van der Waals surface area contributed by atoms with Crippen LogP contribution in [0.1, 0.15) is 19.5 Å². The molecule has 0 radical (unpaired) electrons. The topological polar surface area (TPSA) is 111 Å². The van der Waals surface area contributed by atoms with E-state index in [2.05, 4.69) is 10.3 Å². The van der Waals surface area contributed by atoms with Crippen LogP contribution in [0.25, 0.3) is 0 Å². The van der Waals surface area contributed by atoms with Gasteiger partial charge in [0.05, 0.1) is 4.92 Å². The smallest absolute Gasteiger partial charge is 0.290 e. The highest BCUT2D eigenvalue weighted by atomic mass is 16.6. The normalized spacial score (nSPS) is 12.2. The van der Waals surface area contributed by atoms with Crippen LogP contribution in [0.15, 0.2) is 12.1 Å². The second kappa shape index (κ2) is 5.44. The molecule has 7 heteroatoms. The Bertz CT molecular complexity index is 473. The van der Waals surface area contributed by atoms with Crippen molar-refractivity contribution in [1.82, 2.24) is 4.98 Å². The van der Waals surface area contributed by atoms with E-state index in [1.807, 2.05) is 13.8 Å². The van der Waals surface area contributed by atoms with Crippen molar-refractivity contribution in [3.63, 3.8) is 0 Å². The highest BCUT2D eigenvalue weighted by Gasteiger charge is 2.20. The molecule has 0 aliphatic heterocycles. The molecule has 18 heavy (non-hydrogen) atoms. The summed E-state index contributed by atoms with van der Waals surface area (Å²) in [7, 11) is 0. The molecule has 0 saturated heterocycles. The van der Waals surface area contributed by atoms with E-state index in [0.29, 0.717) is 5.82 Å². The largest absolute Gasteiger partial charge is 0.368 e. The van der Waals surface area contributed by atoms with E-state index >= 15 is 0 Å². The Kier molecular flexibility index (Phi) is 4.19. The second-order valence-corrected chi connectivity index (χ2v) is 4.33. The van der Waals surface area contributed by atoms with E-state index < -0.39 is 16.9 Å². The van der Waals surface area contributed by atoms with Gasteiger partial charge in [-0.2, -0.15) is 0 Å². The first-order valence-electron chi connectivity index (χ1n) is 5.50. The summed E-state index contributed by atoms with van der Waals surface area (Å²) in [4.78, 5) is 25.4. The minimum Gasteiger partial charge on any atom is -0.368 e. The lowest BCUT2D eigenvalue weighted by Crippen LogP contribution is -2.39. The fourth-order valence-electron chi connectivity index (χ4n) is 1.55. The van der Waals surface area contributed by atoms with Crippen molar-refractivity contribution < 1.29 is 9.72 Å². The van der Waals surface area contributed by atoms with Crippen molar-refractivity contribution in [3.8, 4) is 0 Å². The standard InChI is InChI=1S/C11H16N4O3/c1-6(2)10(11(12)16)14-9-5-4-8(15(17)18)7(3)13-9/h4-6,10H,1-3H3,(H2,12,16)(H,13,14)/t10-/m0/s1. The number of pyridine rings is 1. The Morgan fingerprint density at radius 2 is 2.11 bits per heavy atom. The van der Waals surface area contributed by atoms with E-state index in [1.165, 1.54) is 19.1 Å². The van der Waals surface area contributed by atoms with Crippen LogP contribution >= 0.6 is 0 Å². The zero-order valence-electron chi connectivity index (χ0n) is 10.5. The van der Waals surface area contributed by atoms with Gasteiger partial charge in [0, 0.05) is 6.07 Å². The number of hydrogen-bond acceptors (Lipinski definition) is 5. The van der Waals surface area contributed by atoms with Crippen molar-refractivity contribution in [3.05, 3.63) is 27.9 Å². The average Bonchev–Trinajstić information content (AvgIpc) is 2.24. The van der Waals surface area contributed by atoms with Crippen LogP contribution < -0.4 is 11.1 Å². The summed E-state index contributed by atoms with van der Waals surface area (Å²) < 4.78 is 0. The highest BCUT2D eigenvalue weighted by Crippen LogP contribution is 2.19. The molecular weight excluding hydrogens is 236 g/mol. The molecular formula is C11H16N4O3. The number of aromatic nitrogens is 1. The third kappa shape index (κ3) is 3.16. The maximum absolute atomic E-state index is 11.2. The van der Waals surface area contributed by atoms with Gasteiger partial charge in [0.1, 0.15) is 17.6 Å². The van der Waals surface area contributed by atoms with E-state index in [-0.39, 0.29) is 17.3 Å². The third-order valence-corrected chi connectivity index (χ3v) is 2.53. The number of nitrogens with two attached hydrogens (primary N) is 1. The van der Waals surface area contributed by atoms with Gasteiger partial charge in [-0.15, -0.1) is 0 Å². The summed E-state index contributed by atoms with van der Waals surface area (Å²) in [5, 5.41) is 13.5. The highest BCUT2D eigenvalue weighted by molar-refractivity contribution is 5.82. The molecule has 0 aliphatic carbocycles. The molecule has 0 spiro atoms. The fraction of sp³-hybridized carbons (Fsp3) is 0.455. The number of nitro groups is 1. The lowest BCUT2D eigenvalue weighted by molar-refractivity contribution is -0.385. The first kappa shape index (κ1) is 13.9. The monoisotopic (exact) mass is 252 g/mol. The number of primary amides is 1. The Labute approximate surface area is 105 Å². The van der Waals surface area contributed by atoms with E-state index in [4.69, 9.17) is 5.73 Å². The number of hydrogen-bond donors (Lipinski definition) is 2. The SMILES string of the molecule is Cc1nc(N[C@H](C(N)=O)C(C)C)ccc1[N+](=O)[O-]. The summed E-state index contributed by atoms with van der Waals surface area (Å²) >= 11 is 0. The minimum atomic E-state index is -0.557. The average molecular weight is 252 g/mol. The molecule has 7 nitrogen and oxygen atoms in total. The van der Waals surface area contributed by atoms with Crippen LogP contribution in [-0.2, 0) is 4.79 Å². The Hall–Kier alpha value is -2.18. The van der Waals surface area contributed by atoms with Crippen molar-refractivity contribution >= 4 is 17.4 Å². The summed E-state index contributed by atoms with van der Waals surface area (Å²) in [6.45, 7) is 5.24. The molecule has 0 fully saturated rings. The van der Waals surface area contributed by atoms with Crippen LogP contribution in [0, 0.1) is 23.0 Å². The number of anilines is 1. The number of carbonyl (C=O) groups excluding carboxylic acids is 1. The molecule has 1 heterocycles. The van der Waals surface area contributed by atoms with Gasteiger partial charge in [0.2, 0.25) is 5.91 Å². The first-order valence-corrected chi connectivity index (χ1v) is 5.50. The van der Waals surface area contributed by atoms with E-state index in [1.54, 1.807) is 0 Å². The fourth-order valence-corrected chi connectivity index (χ4v) is 1.55. The maximum atomic E-state index is 11.2. The predicted octanol–water partition coefficient (Wildman–Crippen LogP) is 1.22. The van der Waals surface area contributed by atoms with Gasteiger partial charge in [-0.3, -0.25) is 14.9 Å². The summed E-state index contributed by atoms with van der Waals surface area (Å²) in [6, 6.07) is 2.25. The quantitative estimate of drug-likeness (QED) is 0.604. The van der Waals surface area contributed by atoms with Crippen molar-refractivity contribution in [2.75, 3.05) is 5.32 Å². The van der Waals surface area contributed by atoms with Crippen molar-refractivity contribution in [1.29, 1.82) is 0 Å². The van der Waals surface area contributed by atoms with Gasteiger partial charge >= 0.3 is 0 Å². The predicted molar refractivity (Wildman–Crippen MR) is 67.1 cm³/mol. The molecule has 0 bridgehead atoms. The van der Waals surface area contributed by atoms with Gasteiger partial charge in [-0.25, -0.2) is 4.98 Å². The minimum absolute atomic E-state index is 0.000187. The second-order valence-electron chi connectivity index (χ2n) is 4.33. The third-order valence-electron chi connectivity index (χ3n) is 2.53. The molecule has 1 amide bonds. The molecule has 1 aromatic rings. The molecule has 3 N–H and O–H groups in total. The summed E-state index contributed by atoms with van der Waals surface area (Å²) in [5.41, 5.74) is 5.50. The van der Waals surface area contributed by atoms with Crippen LogP contribution in [-0.4, -0.2) is 21.9 Å². The Morgan fingerprint density at radius 1 is 1.50 bits per heavy atom. The molecule has 0 aliphatic rings. The number of aryl methyl sites for hydroxylation is 1. The number of rotatable bonds is 5. The van der Waals surface area contributed by atoms with Gasteiger partial charge < -0.3 is 11.1 Å². The first-order chi connectivity index (χ1) is 8.32. The molecule has 0 unspecified atom stereocenters. The maximum Gasteiger partial charge on any atom is 0.290 e. The molecule has 1 atom stereocenters. The molecule has 0 saturated carbocycles. The molecule has 0 aromatic carbocycles. The molecule has 98 valence electrons. The number of nitrogens with zero attached hydrogens (tertiary/aromatic N) is 2. The van der Waals surface area contributed by atoms with Crippen LogP contribution in [0.5, 0.6) is 0 Å². The molecule has 1 aromatic heterocycles. The van der Waals surface area contributed by atoms with Crippen molar-refractivity contribution in [2.45, 2.75) is 26.8 Å². The van der Waals surface area contributed by atoms with E-state index in [9.17, 15) is 14.9 Å². The van der Waals surface area contributed by atoms with Crippen LogP contribution in [0.2, 0.25) is 0 Å². The Balaban J connectivity index is 2.95. The zero-order valence-corrected chi connectivity index (χ0v) is 10.5. The number of nitrogens with one attached hydrogen (secondary N) is 1. The van der Waals surface area contributed by atoms with Crippen LogP contribution in [0.4, 0.5) is 11.5 Å². The number of amides is 1. The number of carbonyl (C=O) groups is 1. The van der Waals surface area contributed by atoms with Gasteiger partial charge in [-0.1, -0.05) is 13.8 Å². The van der Waals surface area contributed by atoms with E-state index in [0.717, 1.165) is 0 Å².